The maximum atomic E-state index is 13.8. The Morgan fingerprint density at radius 1 is 1.14 bits per heavy atom. The van der Waals surface area contributed by atoms with Crippen molar-refractivity contribution in [3.05, 3.63) is 68.7 Å². The Morgan fingerprint density at radius 3 is 2.58 bits per heavy atom. The molecule has 232 valence electrons. The summed E-state index contributed by atoms with van der Waals surface area (Å²) >= 11 is 12.6. The third-order valence-corrected chi connectivity index (χ3v) is 8.53. The number of carbonyl (C=O) groups excluding carboxylic acids is 3. The van der Waals surface area contributed by atoms with Gasteiger partial charge in [-0.25, -0.2) is 0 Å². The molecular weight excluding hydrogens is 595 g/mol. The van der Waals surface area contributed by atoms with E-state index in [2.05, 4.69) is 12.2 Å². The highest BCUT2D eigenvalue weighted by Gasteiger charge is 2.51. The zero-order chi connectivity index (χ0) is 31.1. The lowest BCUT2D eigenvalue weighted by atomic mass is 9.77. The number of hydrogen-bond donors (Lipinski definition) is 3. The summed E-state index contributed by atoms with van der Waals surface area (Å²) in [4.78, 5) is 40.6. The van der Waals surface area contributed by atoms with Gasteiger partial charge in [-0.05, 0) is 42.3 Å². The molecule has 0 aromatic heterocycles. The first kappa shape index (κ1) is 32.8. The lowest BCUT2D eigenvalue weighted by Crippen LogP contribution is -2.55. The van der Waals surface area contributed by atoms with Crippen LogP contribution >= 0.6 is 23.2 Å². The van der Waals surface area contributed by atoms with Crippen molar-refractivity contribution < 1.29 is 34.1 Å². The molecule has 0 bridgehead atoms. The van der Waals surface area contributed by atoms with Crippen LogP contribution in [0.15, 0.2) is 42.0 Å². The van der Waals surface area contributed by atoms with Crippen molar-refractivity contribution in [3.8, 4) is 11.5 Å². The van der Waals surface area contributed by atoms with Gasteiger partial charge in [0.2, 0.25) is 11.8 Å². The van der Waals surface area contributed by atoms with Crippen LogP contribution in [0.1, 0.15) is 72.9 Å². The standard InChI is InChI=1S/C32H38Cl2N2O7/c1-3-4-5-6-7-8-27(39)36(17-20-9-10-21(33)15-24(20)34)25-16-23(32(41)35-11-12-37)28-22-13-19(18-38)14-26(42-2)30(22)43-31(28)29(25)40/h9-10,13-16,18,25,28-29,31,37,40H,3-8,11-12,17H2,1-2H3,(H,35,41)/t25-,28+,29+,31+/m1/s1. The first-order valence-electron chi connectivity index (χ1n) is 14.6. The molecule has 3 N–H and O–H groups in total. The number of fused-ring (bicyclic) bond motifs is 3. The number of ether oxygens (including phenoxy) is 2. The van der Waals surface area contributed by atoms with Crippen LogP contribution in [-0.4, -0.2) is 71.7 Å². The Kier molecular flexibility index (Phi) is 11.5. The molecule has 0 saturated heterocycles. The fraction of sp³-hybridized carbons (Fsp3) is 0.469. The molecule has 2 amide bonds. The molecule has 0 unspecified atom stereocenters. The highest BCUT2D eigenvalue weighted by Crippen LogP contribution is 2.51. The van der Waals surface area contributed by atoms with E-state index in [1.54, 1.807) is 30.3 Å². The number of halogens is 2. The van der Waals surface area contributed by atoms with Crippen molar-refractivity contribution in [2.45, 2.75) is 76.2 Å². The summed E-state index contributed by atoms with van der Waals surface area (Å²) in [5.41, 5.74) is 1.72. The number of hydrogen-bond acceptors (Lipinski definition) is 7. The molecule has 2 aromatic carbocycles. The minimum atomic E-state index is -1.24. The Bertz CT molecular complexity index is 1370. The SMILES string of the molecule is CCCCCCCC(=O)N(Cc1ccc(Cl)cc1Cl)[C@@H]1C=C(C(=O)NCCO)[C@@H]2c3cc(C=O)cc(OC)c3O[C@@H]2[C@H]1O. The third-order valence-electron chi connectivity index (χ3n) is 7.94. The molecule has 4 rings (SSSR count). The molecule has 9 nitrogen and oxygen atoms in total. The fourth-order valence-corrected chi connectivity index (χ4v) is 6.24. The zero-order valence-corrected chi connectivity index (χ0v) is 25.9. The van der Waals surface area contributed by atoms with Crippen molar-refractivity contribution in [3.63, 3.8) is 0 Å². The Labute approximate surface area is 261 Å². The second-order valence-corrected chi connectivity index (χ2v) is 11.7. The molecule has 43 heavy (non-hydrogen) atoms. The summed E-state index contributed by atoms with van der Waals surface area (Å²) in [5.74, 6) is -0.824. The van der Waals surface area contributed by atoms with Crippen molar-refractivity contribution in [2.75, 3.05) is 20.3 Å². The van der Waals surface area contributed by atoms with E-state index < -0.39 is 30.1 Å². The predicted molar refractivity (Wildman–Crippen MR) is 164 cm³/mol. The van der Waals surface area contributed by atoms with Gasteiger partial charge in [-0.2, -0.15) is 0 Å². The topological polar surface area (TPSA) is 125 Å². The highest BCUT2D eigenvalue weighted by atomic mass is 35.5. The average Bonchev–Trinajstić information content (AvgIpc) is 3.39. The van der Waals surface area contributed by atoms with Gasteiger partial charge in [0, 0.05) is 46.3 Å². The second kappa shape index (κ2) is 15.1. The largest absolute Gasteiger partial charge is 0.493 e. The van der Waals surface area contributed by atoms with Crippen molar-refractivity contribution in [2.24, 2.45) is 0 Å². The van der Waals surface area contributed by atoms with Gasteiger partial charge < -0.3 is 29.9 Å². The number of aliphatic hydroxyl groups is 2. The minimum Gasteiger partial charge on any atom is -0.493 e. The number of rotatable bonds is 14. The number of carbonyl (C=O) groups is 3. The van der Waals surface area contributed by atoms with Crippen LogP contribution in [0.3, 0.4) is 0 Å². The van der Waals surface area contributed by atoms with Crippen molar-refractivity contribution in [1.82, 2.24) is 10.2 Å². The lowest BCUT2D eigenvalue weighted by Gasteiger charge is -2.41. The molecule has 0 saturated carbocycles. The minimum absolute atomic E-state index is 0.00693. The molecular formula is C32H38Cl2N2O7. The molecule has 2 aliphatic rings. The number of methoxy groups -OCH3 is 1. The molecule has 2 aromatic rings. The third kappa shape index (κ3) is 7.34. The second-order valence-electron chi connectivity index (χ2n) is 10.8. The van der Waals surface area contributed by atoms with E-state index >= 15 is 0 Å². The molecule has 0 spiro atoms. The highest BCUT2D eigenvalue weighted by molar-refractivity contribution is 6.35. The Hall–Kier alpha value is -3.11. The number of aliphatic hydroxyl groups excluding tert-OH is 2. The number of nitrogens with zero attached hydrogens (tertiary/aromatic N) is 1. The van der Waals surface area contributed by atoms with E-state index in [1.165, 1.54) is 18.1 Å². The van der Waals surface area contributed by atoms with Crippen LogP contribution < -0.4 is 14.8 Å². The number of amides is 2. The molecule has 0 fully saturated rings. The predicted octanol–water partition coefficient (Wildman–Crippen LogP) is 4.83. The van der Waals surface area contributed by atoms with Crippen LogP contribution in [0.5, 0.6) is 11.5 Å². The smallest absolute Gasteiger partial charge is 0.247 e. The number of aldehydes is 1. The maximum Gasteiger partial charge on any atom is 0.247 e. The molecule has 1 heterocycles. The first-order chi connectivity index (χ1) is 20.7. The molecule has 11 heteroatoms. The normalized spacial score (nSPS) is 20.4. The monoisotopic (exact) mass is 632 g/mol. The van der Waals surface area contributed by atoms with Crippen molar-refractivity contribution >= 4 is 41.3 Å². The lowest BCUT2D eigenvalue weighted by molar-refractivity contribution is -0.138. The van der Waals surface area contributed by atoms with E-state index in [4.69, 9.17) is 32.7 Å². The van der Waals surface area contributed by atoms with Gasteiger partial charge in [0.15, 0.2) is 11.5 Å². The first-order valence-corrected chi connectivity index (χ1v) is 15.4. The van der Waals surface area contributed by atoms with Crippen LogP contribution in [0.2, 0.25) is 10.0 Å². The maximum absolute atomic E-state index is 13.8. The van der Waals surface area contributed by atoms with Gasteiger partial charge in [-0.15, -0.1) is 0 Å². The fourth-order valence-electron chi connectivity index (χ4n) is 5.78. The van der Waals surface area contributed by atoms with E-state index in [9.17, 15) is 24.6 Å². The summed E-state index contributed by atoms with van der Waals surface area (Å²) in [5, 5.41) is 24.7. The number of benzene rings is 2. The van der Waals surface area contributed by atoms with Crippen LogP contribution in [0, 0.1) is 0 Å². The number of nitrogens with one attached hydrogen (secondary N) is 1. The van der Waals surface area contributed by atoms with Gasteiger partial charge in [-0.1, -0.05) is 61.9 Å². The van der Waals surface area contributed by atoms with Crippen LogP contribution in [0.4, 0.5) is 0 Å². The summed E-state index contributed by atoms with van der Waals surface area (Å²) in [6, 6.07) is 7.20. The Morgan fingerprint density at radius 2 is 1.91 bits per heavy atom. The molecule has 1 aliphatic carbocycles. The summed E-state index contributed by atoms with van der Waals surface area (Å²) < 4.78 is 11.7. The van der Waals surface area contributed by atoms with Crippen molar-refractivity contribution in [1.29, 1.82) is 0 Å². The van der Waals surface area contributed by atoms with E-state index in [-0.39, 0.29) is 37.6 Å². The van der Waals surface area contributed by atoms with E-state index in [1.807, 2.05) is 0 Å². The molecule has 1 aliphatic heterocycles. The zero-order valence-electron chi connectivity index (χ0n) is 24.4. The summed E-state index contributed by atoms with van der Waals surface area (Å²) in [7, 11) is 1.44. The summed E-state index contributed by atoms with van der Waals surface area (Å²) in [6.45, 7) is 1.93. The summed E-state index contributed by atoms with van der Waals surface area (Å²) in [6.07, 6.45) is 5.08. The van der Waals surface area contributed by atoms with Gasteiger partial charge in [0.1, 0.15) is 18.5 Å². The Balaban J connectivity index is 1.77. The quantitative estimate of drug-likeness (QED) is 0.201. The van der Waals surface area contributed by atoms with Gasteiger partial charge in [0.05, 0.1) is 25.7 Å². The van der Waals surface area contributed by atoms with Crippen LogP contribution in [-0.2, 0) is 16.1 Å². The van der Waals surface area contributed by atoms with E-state index in [0.717, 1.165) is 25.7 Å². The average molecular weight is 634 g/mol. The van der Waals surface area contributed by atoms with Gasteiger partial charge in [0.25, 0.3) is 0 Å². The van der Waals surface area contributed by atoms with Gasteiger partial charge >= 0.3 is 0 Å². The van der Waals surface area contributed by atoms with Gasteiger partial charge in [-0.3, -0.25) is 14.4 Å². The van der Waals surface area contributed by atoms with Crippen LogP contribution in [0.25, 0.3) is 0 Å². The number of unbranched alkanes of at least 4 members (excludes halogenated alkanes) is 4. The molecule has 4 atom stereocenters. The van der Waals surface area contributed by atoms with E-state index in [0.29, 0.717) is 50.9 Å². The molecule has 0 radical (unpaired) electrons.